The van der Waals surface area contributed by atoms with Crippen LogP contribution in [0.15, 0.2) is 22.9 Å². The van der Waals surface area contributed by atoms with Crippen molar-refractivity contribution in [3.63, 3.8) is 0 Å². The lowest BCUT2D eigenvalue weighted by Gasteiger charge is -2.33. The molecule has 0 radical (unpaired) electrons. The van der Waals surface area contributed by atoms with Crippen LogP contribution in [0.1, 0.15) is 49.2 Å². The van der Waals surface area contributed by atoms with Gasteiger partial charge >= 0.3 is 0 Å². The SMILES string of the molecule is Cc1nc(N2CCCC(c3nncn3C3CC3)C2)ccc1Br. The van der Waals surface area contributed by atoms with E-state index in [1.807, 2.05) is 13.3 Å². The standard InChI is InChI=1S/C16H20BrN5/c1-11-14(17)6-7-15(19-11)21-8-2-3-12(9-21)16-20-18-10-22(16)13-4-5-13/h6-7,10,12-13H,2-5,8-9H2,1H3. The van der Waals surface area contributed by atoms with Gasteiger partial charge in [0.05, 0.1) is 5.69 Å². The van der Waals surface area contributed by atoms with Gasteiger partial charge in [0.1, 0.15) is 18.0 Å². The first kappa shape index (κ1) is 14.2. The van der Waals surface area contributed by atoms with Crippen molar-refractivity contribution in [1.82, 2.24) is 19.7 Å². The molecule has 1 atom stereocenters. The van der Waals surface area contributed by atoms with Crippen LogP contribution in [-0.4, -0.2) is 32.8 Å². The average Bonchev–Trinajstić information content (AvgIpc) is 3.27. The van der Waals surface area contributed by atoms with Crippen LogP contribution in [0.5, 0.6) is 0 Å². The number of aryl methyl sites for hydroxylation is 1. The summed E-state index contributed by atoms with van der Waals surface area (Å²) in [5, 5.41) is 8.57. The molecule has 0 amide bonds. The summed E-state index contributed by atoms with van der Waals surface area (Å²) in [5.74, 6) is 2.70. The van der Waals surface area contributed by atoms with Gasteiger partial charge in [0, 0.05) is 29.5 Å². The van der Waals surface area contributed by atoms with E-state index in [0.29, 0.717) is 12.0 Å². The van der Waals surface area contributed by atoms with Gasteiger partial charge in [-0.05, 0) is 60.7 Å². The van der Waals surface area contributed by atoms with Gasteiger partial charge in [-0.3, -0.25) is 0 Å². The molecule has 2 aliphatic rings. The first-order chi connectivity index (χ1) is 10.7. The molecule has 2 fully saturated rings. The van der Waals surface area contributed by atoms with Crippen molar-refractivity contribution >= 4 is 21.7 Å². The lowest BCUT2D eigenvalue weighted by atomic mass is 9.97. The Morgan fingerprint density at radius 2 is 2.09 bits per heavy atom. The van der Waals surface area contributed by atoms with Crippen molar-refractivity contribution in [2.24, 2.45) is 0 Å². The highest BCUT2D eigenvalue weighted by Gasteiger charge is 2.31. The minimum atomic E-state index is 0.461. The molecule has 2 aromatic heterocycles. The van der Waals surface area contributed by atoms with Crippen LogP contribution in [-0.2, 0) is 0 Å². The summed E-state index contributed by atoms with van der Waals surface area (Å²) >= 11 is 3.53. The summed E-state index contributed by atoms with van der Waals surface area (Å²) in [4.78, 5) is 7.11. The molecule has 116 valence electrons. The van der Waals surface area contributed by atoms with Crippen LogP contribution in [0.25, 0.3) is 0 Å². The summed E-state index contributed by atoms with van der Waals surface area (Å²) in [6.07, 6.45) is 6.83. The molecule has 1 aliphatic carbocycles. The Morgan fingerprint density at radius 3 is 2.86 bits per heavy atom. The molecule has 5 nitrogen and oxygen atoms in total. The van der Waals surface area contributed by atoms with Crippen LogP contribution in [0.4, 0.5) is 5.82 Å². The Bertz CT molecular complexity index is 679. The van der Waals surface area contributed by atoms with Crippen LogP contribution >= 0.6 is 15.9 Å². The van der Waals surface area contributed by atoms with E-state index >= 15 is 0 Å². The van der Waals surface area contributed by atoms with E-state index in [9.17, 15) is 0 Å². The largest absolute Gasteiger partial charge is 0.356 e. The van der Waals surface area contributed by atoms with Crippen LogP contribution in [0, 0.1) is 6.92 Å². The molecule has 3 heterocycles. The Kier molecular flexibility index (Phi) is 3.64. The number of halogens is 1. The number of piperidine rings is 1. The van der Waals surface area contributed by atoms with Gasteiger partial charge < -0.3 is 9.47 Å². The number of pyridine rings is 1. The molecule has 0 bridgehead atoms. The third kappa shape index (κ3) is 2.64. The summed E-state index contributed by atoms with van der Waals surface area (Å²) < 4.78 is 3.37. The maximum Gasteiger partial charge on any atom is 0.137 e. The minimum Gasteiger partial charge on any atom is -0.356 e. The highest BCUT2D eigenvalue weighted by molar-refractivity contribution is 9.10. The third-order valence-electron chi connectivity index (χ3n) is 4.66. The molecule has 1 saturated carbocycles. The zero-order valence-corrected chi connectivity index (χ0v) is 14.3. The second-order valence-electron chi connectivity index (χ2n) is 6.35. The topological polar surface area (TPSA) is 46.8 Å². The second kappa shape index (κ2) is 5.65. The van der Waals surface area contributed by atoms with Crippen LogP contribution in [0.3, 0.4) is 0 Å². The molecular formula is C16H20BrN5. The van der Waals surface area contributed by atoms with E-state index < -0.39 is 0 Å². The first-order valence-electron chi connectivity index (χ1n) is 8.00. The maximum absolute atomic E-state index is 4.72. The van der Waals surface area contributed by atoms with E-state index in [1.165, 1.54) is 31.5 Å². The predicted octanol–water partition coefficient (Wildman–Crippen LogP) is 3.46. The number of rotatable bonds is 3. The van der Waals surface area contributed by atoms with Gasteiger partial charge in [-0.1, -0.05) is 0 Å². The minimum absolute atomic E-state index is 0.461. The van der Waals surface area contributed by atoms with Gasteiger partial charge in [0.15, 0.2) is 0 Å². The number of hydrogen-bond donors (Lipinski definition) is 0. The summed E-state index contributed by atoms with van der Waals surface area (Å²) in [6.45, 7) is 4.10. The Labute approximate surface area is 138 Å². The van der Waals surface area contributed by atoms with Crippen LogP contribution in [0.2, 0.25) is 0 Å². The van der Waals surface area contributed by atoms with Crippen molar-refractivity contribution in [2.45, 2.75) is 44.6 Å². The average molecular weight is 362 g/mol. The first-order valence-corrected chi connectivity index (χ1v) is 8.79. The number of hydrogen-bond acceptors (Lipinski definition) is 4. The van der Waals surface area contributed by atoms with Crippen molar-refractivity contribution in [2.75, 3.05) is 18.0 Å². The molecule has 6 heteroatoms. The van der Waals surface area contributed by atoms with Crippen molar-refractivity contribution in [3.05, 3.63) is 34.5 Å². The highest BCUT2D eigenvalue weighted by atomic mass is 79.9. The Hall–Kier alpha value is -1.43. The lowest BCUT2D eigenvalue weighted by molar-refractivity contribution is 0.469. The van der Waals surface area contributed by atoms with Gasteiger partial charge in [-0.15, -0.1) is 10.2 Å². The van der Waals surface area contributed by atoms with Gasteiger partial charge in [-0.25, -0.2) is 4.98 Å². The smallest absolute Gasteiger partial charge is 0.137 e. The molecule has 0 spiro atoms. The van der Waals surface area contributed by atoms with Gasteiger partial charge in [-0.2, -0.15) is 0 Å². The molecular weight excluding hydrogens is 342 g/mol. The summed E-state index contributed by atoms with van der Waals surface area (Å²) in [6, 6.07) is 4.84. The number of anilines is 1. The molecule has 0 aromatic carbocycles. The molecule has 1 saturated heterocycles. The van der Waals surface area contributed by atoms with Crippen molar-refractivity contribution in [3.8, 4) is 0 Å². The predicted molar refractivity (Wildman–Crippen MR) is 89.2 cm³/mol. The second-order valence-corrected chi connectivity index (χ2v) is 7.20. The van der Waals surface area contributed by atoms with Gasteiger partial charge in [0.2, 0.25) is 0 Å². The molecule has 1 unspecified atom stereocenters. The summed E-state index contributed by atoms with van der Waals surface area (Å²) in [7, 11) is 0. The fraction of sp³-hybridized carbons (Fsp3) is 0.562. The lowest BCUT2D eigenvalue weighted by Crippen LogP contribution is -2.36. The third-order valence-corrected chi connectivity index (χ3v) is 5.50. The Balaban J connectivity index is 1.56. The summed E-state index contributed by atoms with van der Waals surface area (Å²) in [5.41, 5.74) is 1.04. The fourth-order valence-corrected chi connectivity index (χ4v) is 3.50. The molecule has 22 heavy (non-hydrogen) atoms. The Morgan fingerprint density at radius 1 is 1.23 bits per heavy atom. The quantitative estimate of drug-likeness (QED) is 0.839. The maximum atomic E-state index is 4.72. The molecule has 0 N–H and O–H groups in total. The zero-order valence-electron chi connectivity index (χ0n) is 12.7. The zero-order chi connectivity index (χ0) is 15.1. The number of nitrogens with zero attached hydrogens (tertiary/aromatic N) is 5. The van der Waals surface area contributed by atoms with E-state index in [2.05, 4.69) is 47.7 Å². The molecule has 1 aliphatic heterocycles. The van der Waals surface area contributed by atoms with Crippen molar-refractivity contribution < 1.29 is 0 Å². The molecule has 2 aromatic rings. The molecule has 4 rings (SSSR count). The van der Waals surface area contributed by atoms with E-state index in [0.717, 1.165) is 29.1 Å². The monoisotopic (exact) mass is 361 g/mol. The highest BCUT2D eigenvalue weighted by Crippen LogP contribution is 2.38. The van der Waals surface area contributed by atoms with E-state index in [1.54, 1.807) is 0 Å². The van der Waals surface area contributed by atoms with Crippen LogP contribution < -0.4 is 4.90 Å². The van der Waals surface area contributed by atoms with Crippen molar-refractivity contribution in [1.29, 1.82) is 0 Å². The van der Waals surface area contributed by atoms with E-state index in [-0.39, 0.29) is 0 Å². The normalized spacial score (nSPS) is 22.1. The van der Waals surface area contributed by atoms with Gasteiger partial charge in [0.25, 0.3) is 0 Å². The number of aromatic nitrogens is 4. The fourth-order valence-electron chi connectivity index (χ4n) is 3.28. The van der Waals surface area contributed by atoms with E-state index in [4.69, 9.17) is 4.98 Å².